The number of benzene rings is 3. The van der Waals surface area contributed by atoms with Crippen LogP contribution in [0.15, 0.2) is 84.0 Å². The molecule has 0 spiro atoms. The number of alkyl halides is 3. The first kappa shape index (κ1) is 18.5. The zero-order valence-electron chi connectivity index (χ0n) is 14.3. The summed E-state index contributed by atoms with van der Waals surface area (Å²) in [7, 11) is 0. The Morgan fingerprint density at radius 1 is 0.889 bits per heavy atom. The van der Waals surface area contributed by atoms with Crippen molar-refractivity contribution in [2.45, 2.75) is 12.8 Å². The van der Waals surface area contributed by atoms with Crippen LogP contribution >= 0.6 is 0 Å². The second-order valence-electron chi connectivity index (χ2n) is 5.80. The molecule has 3 aromatic rings. The zero-order chi connectivity index (χ0) is 19.1. The van der Waals surface area contributed by atoms with Crippen molar-refractivity contribution in [2.24, 2.45) is 5.10 Å². The van der Waals surface area contributed by atoms with Crippen molar-refractivity contribution in [3.63, 3.8) is 0 Å². The van der Waals surface area contributed by atoms with E-state index in [1.165, 1.54) is 18.3 Å². The topological polar surface area (TPSA) is 33.6 Å². The number of hydrogen-bond donors (Lipinski definition) is 1. The highest BCUT2D eigenvalue weighted by Crippen LogP contribution is 2.30. The van der Waals surface area contributed by atoms with Gasteiger partial charge in [-0.15, -0.1) is 0 Å². The number of hydrogen-bond acceptors (Lipinski definition) is 3. The van der Waals surface area contributed by atoms with Gasteiger partial charge in [0.25, 0.3) is 0 Å². The van der Waals surface area contributed by atoms with Gasteiger partial charge in [-0.25, -0.2) is 0 Å². The van der Waals surface area contributed by atoms with Crippen molar-refractivity contribution >= 4 is 11.9 Å². The summed E-state index contributed by atoms with van der Waals surface area (Å²) in [5.74, 6) is 0.682. The molecule has 0 aromatic heterocycles. The SMILES string of the molecule is FC(F)(F)c1cccc(NN=Cc2cccc(OCc3ccccc3)c2)c1. The van der Waals surface area contributed by atoms with Crippen LogP contribution in [0.2, 0.25) is 0 Å². The number of nitrogens with one attached hydrogen (secondary N) is 1. The van der Waals surface area contributed by atoms with Gasteiger partial charge in [-0.3, -0.25) is 5.43 Å². The Morgan fingerprint density at radius 3 is 2.44 bits per heavy atom. The van der Waals surface area contributed by atoms with Crippen LogP contribution in [0.5, 0.6) is 5.75 Å². The highest BCUT2D eigenvalue weighted by molar-refractivity contribution is 5.80. The lowest BCUT2D eigenvalue weighted by molar-refractivity contribution is -0.137. The van der Waals surface area contributed by atoms with E-state index in [4.69, 9.17) is 4.74 Å². The average Bonchev–Trinajstić information content (AvgIpc) is 2.67. The molecular formula is C21H17F3N2O. The van der Waals surface area contributed by atoms with Crippen molar-refractivity contribution in [1.29, 1.82) is 0 Å². The first-order valence-corrected chi connectivity index (χ1v) is 8.24. The van der Waals surface area contributed by atoms with Gasteiger partial charge in [-0.1, -0.05) is 48.5 Å². The van der Waals surface area contributed by atoms with Crippen LogP contribution in [0, 0.1) is 0 Å². The molecule has 0 aliphatic rings. The van der Waals surface area contributed by atoms with Crippen LogP contribution in [0.1, 0.15) is 16.7 Å². The van der Waals surface area contributed by atoms with Gasteiger partial charge in [0.05, 0.1) is 17.5 Å². The molecule has 0 heterocycles. The number of nitrogens with zero attached hydrogens (tertiary/aromatic N) is 1. The van der Waals surface area contributed by atoms with E-state index in [2.05, 4.69) is 10.5 Å². The van der Waals surface area contributed by atoms with Crippen LogP contribution < -0.4 is 10.2 Å². The maximum atomic E-state index is 12.7. The Morgan fingerprint density at radius 2 is 1.67 bits per heavy atom. The van der Waals surface area contributed by atoms with Crippen LogP contribution in [0.3, 0.4) is 0 Å². The molecule has 0 fully saturated rings. The predicted molar refractivity (Wildman–Crippen MR) is 99.9 cm³/mol. The molecule has 0 amide bonds. The number of halogens is 3. The standard InChI is InChI=1S/C21H17F3N2O/c22-21(23,24)18-9-5-10-19(13-18)26-25-14-17-8-4-11-20(12-17)27-15-16-6-2-1-3-7-16/h1-14,26H,15H2. The van der Waals surface area contributed by atoms with Gasteiger partial charge >= 0.3 is 6.18 Å². The summed E-state index contributed by atoms with van der Waals surface area (Å²) in [5, 5.41) is 4.00. The molecule has 0 unspecified atom stereocenters. The fourth-order valence-electron chi connectivity index (χ4n) is 2.37. The highest BCUT2D eigenvalue weighted by atomic mass is 19.4. The molecular weight excluding hydrogens is 353 g/mol. The molecule has 1 N–H and O–H groups in total. The third-order valence-corrected chi connectivity index (χ3v) is 3.70. The summed E-state index contributed by atoms with van der Waals surface area (Å²) in [5.41, 5.74) is 3.97. The van der Waals surface area contributed by atoms with E-state index in [9.17, 15) is 13.2 Å². The number of ether oxygens (including phenoxy) is 1. The molecule has 0 bridgehead atoms. The quantitative estimate of drug-likeness (QED) is 0.444. The summed E-state index contributed by atoms with van der Waals surface area (Å²) in [6, 6.07) is 22.0. The van der Waals surface area contributed by atoms with Crippen LogP contribution in [-0.2, 0) is 12.8 Å². The fraction of sp³-hybridized carbons (Fsp3) is 0.0952. The fourth-order valence-corrected chi connectivity index (χ4v) is 2.37. The number of rotatable bonds is 6. The maximum Gasteiger partial charge on any atom is 0.416 e. The molecule has 0 radical (unpaired) electrons. The normalized spacial score (nSPS) is 11.5. The van der Waals surface area contributed by atoms with E-state index >= 15 is 0 Å². The predicted octanol–water partition coefficient (Wildman–Crippen LogP) is 5.73. The monoisotopic (exact) mass is 370 g/mol. The lowest BCUT2D eigenvalue weighted by Crippen LogP contribution is -2.05. The van der Waals surface area contributed by atoms with E-state index in [0.29, 0.717) is 12.4 Å². The van der Waals surface area contributed by atoms with Gasteiger partial charge in [0, 0.05) is 0 Å². The van der Waals surface area contributed by atoms with Gasteiger partial charge in [0.1, 0.15) is 12.4 Å². The third-order valence-electron chi connectivity index (χ3n) is 3.70. The van der Waals surface area contributed by atoms with Gasteiger partial charge < -0.3 is 4.74 Å². The summed E-state index contributed by atoms with van der Waals surface area (Å²) in [6.45, 7) is 0.448. The summed E-state index contributed by atoms with van der Waals surface area (Å²) < 4.78 is 43.9. The summed E-state index contributed by atoms with van der Waals surface area (Å²) >= 11 is 0. The Labute approximate surface area is 155 Å². The smallest absolute Gasteiger partial charge is 0.416 e. The van der Waals surface area contributed by atoms with Crippen LogP contribution in [-0.4, -0.2) is 6.21 Å². The van der Waals surface area contributed by atoms with Gasteiger partial charge in [-0.05, 0) is 41.5 Å². The van der Waals surface area contributed by atoms with E-state index in [1.54, 1.807) is 6.07 Å². The Balaban J connectivity index is 1.61. The van der Waals surface area contributed by atoms with E-state index in [1.807, 2.05) is 48.5 Å². The molecule has 3 rings (SSSR count). The van der Waals surface area contributed by atoms with Gasteiger partial charge in [0.2, 0.25) is 0 Å². The van der Waals surface area contributed by atoms with Crippen molar-refractivity contribution in [3.05, 3.63) is 95.6 Å². The first-order valence-electron chi connectivity index (χ1n) is 8.24. The van der Waals surface area contributed by atoms with Crippen LogP contribution in [0.4, 0.5) is 18.9 Å². The van der Waals surface area contributed by atoms with Crippen molar-refractivity contribution < 1.29 is 17.9 Å². The van der Waals surface area contributed by atoms with Gasteiger partial charge in [0.15, 0.2) is 0 Å². The Bertz CT molecular complexity index is 909. The summed E-state index contributed by atoms with van der Waals surface area (Å²) in [4.78, 5) is 0. The van der Waals surface area contributed by atoms with E-state index < -0.39 is 11.7 Å². The lowest BCUT2D eigenvalue weighted by atomic mass is 10.2. The molecule has 138 valence electrons. The van der Waals surface area contributed by atoms with Crippen LogP contribution in [0.25, 0.3) is 0 Å². The minimum Gasteiger partial charge on any atom is -0.489 e. The molecule has 6 heteroatoms. The summed E-state index contributed by atoms with van der Waals surface area (Å²) in [6.07, 6.45) is -2.86. The minimum absolute atomic E-state index is 0.262. The molecule has 3 aromatic carbocycles. The third kappa shape index (κ3) is 5.60. The molecule has 3 nitrogen and oxygen atoms in total. The molecule has 0 saturated carbocycles. The zero-order valence-corrected chi connectivity index (χ0v) is 14.3. The highest BCUT2D eigenvalue weighted by Gasteiger charge is 2.30. The first-order chi connectivity index (χ1) is 13.0. The number of hydrazone groups is 1. The van der Waals surface area contributed by atoms with Crippen molar-refractivity contribution in [3.8, 4) is 5.75 Å². The molecule has 0 aliphatic heterocycles. The molecule has 27 heavy (non-hydrogen) atoms. The maximum absolute atomic E-state index is 12.7. The minimum atomic E-state index is -4.38. The second-order valence-corrected chi connectivity index (χ2v) is 5.80. The molecule has 0 saturated heterocycles. The molecule has 0 aliphatic carbocycles. The van der Waals surface area contributed by atoms with Crippen molar-refractivity contribution in [1.82, 2.24) is 0 Å². The average molecular weight is 370 g/mol. The Hall–Kier alpha value is -3.28. The lowest BCUT2D eigenvalue weighted by Gasteiger charge is -2.08. The Kier molecular flexibility index (Phi) is 5.76. The second kappa shape index (κ2) is 8.40. The van der Waals surface area contributed by atoms with E-state index in [0.717, 1.165) is 23.3 Å². The van der Waals surface area contributed by atoms with Gasteiger partial charge in [-0.2, -0.15) is 18.3 Å². The largest absolute Gasteiger partial charge is 0.489 e. The number of anilines is 1. The van der Waals surface area contributed by atoms with Crippen molar-refractivity contribution in [2.75, 3.05) is 5.43 Å². The van der Waals surface area contributed by atoms with E-state index in [-0.39, 0.29) is 5.69 Å². The molecule has 0 atom stereocenters.